The Hall–Kier alpha value is -2.16. The van der Waals surface area contributed by atoms with E-state index in [-0.39, 0.29) is 43.3 Å². The van der Waals surface area contributed by atoms with Gasteiger partial charge in [-0.05, 0) is 57.4 Å². The minimum atomic E-state index is -1.63. The van der Waals surface area contributed by atoms with Crippen molar-refractivity contribution in [2.24, 2.45) is 29.1 Å². The van der Waals surface area contributed by atoms with Gasteiger partial charge >= 0.3 is 11.9 Å². The summed E-state index contributed by atoms with van der Waals surface area (Å²) in [5, 5.41) is 46.7. The predicted octanol–water partition coefficient (Wildman–Crippen LogP) is 2.61. The highest BCUT2D eigenvalue weighted by Crippen LogP contribution is 2.56. The van der Waals surface area contributed by atoms with Gasteiger partial charge in [-0.15, -0.1) is 6.58 Å². The van der Waals surface area contributed by atoms with Crippen molar-refractivity contribution in [3.8, 4) is 0 Å². The van der Waals surface area contributed by atoms with Crippen molar-refractivity contribution in [1.82, 2.24) is 0 Å². The minimum absolute atomic E-state index is 0.0190. The van der Waals surface area contributed by atoms with Gasteiger partial charge in [-0.3, -0.25) is 9.59 Å². The van der Waals surface area contributed by atoms with E-state index >= 15 is 0 Å². The van der Waals surface area contributed by atoms with E-state index < -0.39 is 72.0 Å². The quantitative estimate of drug-likeness (QED) is 0.176. The van der Waals surface area contributed by atoms with E-state index in [0.717, 1.165) is 24.0 Å². The van der Waals surface area contributed by atoms with Gasteiger partial charge in [0.25, 0.3) is 0 Å². The SMILES string of the molecule is C=CC(C)(C)OC[C@@H]1O[C@H](O[C@H]2C3=C([C@H](C)COC(C)=O)C[C@@H](O)[C@]3(C)C=C3[C@H](COC)CC[C@@H]3[C@@H](C)[C@@H]2O)[C@@H](O)[C@H](OC(C)=O)[C@H]1O. The summed E-state index contributed by atoms with van der Waals surface area (Å²) in [5.74, 6) is -1.70. The molecular weight excluding hydrogens is 624 g/mol. The first-order valence-electron chi connectivity index (χ1n) is 17.0. The fourth-order valence-electron chi connectivity index (χ4n) is 7.88. The summed E-state index contributed by atoms with van der Waals surface area (Å²) in [7, 11) is 1.66. The average Bonchev–Trinajstić information content (AvgIpc) is 3.52. The Balaban J connectivity index is 1.82. The van der Waals surface area contributed by atoms with Crippen molar-refractivity contribution in [3.05, 3.63) is 35.5 Å². The summed E-state index contributed by atoms with van der Waals surface area (Å²) in [6.07, 6.45) is -4.54. The fourth-order valence-corrected chi connectivity index (χ4v) is 7.88. The highest BCUT2D eigenvalue weighted by Gasteiger charge is 2.56. The lowest BCUT2D eigenvalue weighted by Gasteiger charge is -2.47. The van der Waals surface area contributed by atoms with Crippen LogP contribution in [0.1, 0.15) is 67.7 Å². The third-order valence-electron chi connectivity index (χ3n) is 10.8. The van der Waals surface area contributed by atoms with E-state index in [9.17, 15) is 30.0 Å². The highest BCUT2D eigenvalue weighted by atomic mass is 16.7. The predicted molar refractivity (Wildman–Crippen MR) is 174 cm³/mol. The Labute approximate surface area is 284 Å². The molecule has 0 amide bonds. The van der Waals surface area contributed by atoms with Crippen LogP contribution in [-0.4, -0.2) is 114 Å². The molecule has 0 aromatic carbocycles. The highest BCUT2D eigenvalue weighted by molar-refractivity contribution is 5.66. The zero-order valence-electron chi connectivity index (χ0n) is 29.6. The van der Waals surface area contributed by atoms with Crippen molar-refractivity contribution < 1.29 is 58.4 Å². The molecule has 1 saturated heterocycles. The summed E-state index contributed by atoms with van der Waals surface area (Å²) in [6, 6.07) is 0. The van der Waals surface area contributed by atoms with Crippen molar-refractivity contribution >= 4 is 11.9 Å². The molecular formula is C36H56O12. The Morgan fingerprint density at radius 3 is 2.40 bits per heavy atom. The number of hydrogen-bond donors (Lipinski definition) is 4. The molecule has 4 aliphatic rings. The number of aliphatic hydroxyl groups excluding tert-OH is 4. The molecule has 13 atom stereocenters. The summed E-state index contributed by atoms with van der Waals surface area (Å²) in [5.41, 5.74) is 0.746. The molecule has 3 aliphatic carbocycles. The average molecular weight is 681 g/mol. The first kappa shape index (κ1) is 38.6. The Morgan fingerprint density at radius 2 is 1.79 bits per heavy atom. The molecule has 4 rings (SSSR count). The van der Waals surface area contributed by atoms with Gasteiger partial charge in [-0.2, -0.15) is 0 Å². The summed E-state index contributed by atoms with van der Waals surface area (Å²) < 4.78 is 35.1. The molecule has 0 aromatic rings. The first-order valence-corrected chi connectivity index (χ1v) is 17.0. The normalized spacial score (nSPS) is 39.1. The van der Waals surface area contributed by atoms with Gasteiger partial charge in [0.05, 0.1) is 37.6 Å². The largest absolute Gasteiger partial charge is 0.465 e. The standard InChI is InChI=1S/C36H56O12/c1-10-35(6,7)45-17-26-30(41)33(46-21(5)38)31(42)34(47-26)48-32-28-24(18(2)15-44-20(4)37)13-27(39)36(28,8)14-25-22(16-43-9)11-12-23(25)19(3)29(32)40/h10,14,18-19,22-23,26-27,29-34,39-42H,1,11-13,15-17H2,2-9H3/t18-,19-,22+,23-,26+,27-,29+,30+,31+,32+,33-,34-,36+/m1/s1. The van der Waals surface area contributed by atoms with Crippen LogP contribution in [0.5, 0.6) is 0 Å². The minimum Gasteiger partial charge on any atom is -0.465 e. The molecule has 4 N–H and O–H groups in total. The van der Waals surface area contributed by atoms with E-state index in [1.807, 2.05) is 20.8 Å². The summed E-state index contributed by atoms with van der Waals surface area (Å²) in [6.45, 7) is 16.0. The van der Waals surface area contributed by atoms with Crippen LogP contribution >= 0.6 is 0 Å². The van der Waals surface area contributed by atoms with Crippen LogP contribution in [0.25, 0.3) is 0 Å². The second-order valence-corrected chi connectivity index (χ2v) is 14.7. The lowest BCUT2D eigenvalue weighted by molar-refractivity contribution is -0.320. The lowest BCUT2D eigenvalue weighted by atomic mass is 9.68. The number of esters is 2. The fraction of sp³-hybridized carbons (Fsp3) is 0.778. The third kappa shape index (κ3) is 7.91. The first-order chi connectivity index (χ1) is 22.4. The van der Waals surface area contributed by atoms with Gasteiger partial charge in [0.15, 0.2) is 12.4 Å². The number of methoxy groups -OCH3 is 1. The Kier molecular flexibility index (Phi) is 12.4. The molecule has 2 fully saturated rings. The van der Waals surface area contributed by atoms with Crippen LogP contribution in [-0.2, 0) is 38.0 Å². The van der Waals surface area contributed by atoms with Crippen LogP contribution in [0.15, 0.2) is 35.5 Å². The molecule has 0 bridgehead atoms. The lowest BCUT2D eigenvalue weighted by Crippen LogP contribution is -2.62. The van der Waals surface area contributed by atoms with Gasteiger partial charge in [-0.1, -0.05) is 37.1 Å². The molecule has 0 unspecified atom stereocenters. The van der Waals surface area contributed by atoms with Crippen molar-refractivity contribution in [2.75, 3.05) is 26.9 Å². The number of carbonyl (C=O) groups excluding carboxylic acids is 2. The van der Waals surface area contributed by atoms with Crippen LogP contribution in [0, 0.1) is 29.1 Å². The van der Waals surface area contributed by atoms with Gasteiger partial charge in [0.1, 0.15) is 24.4 Å². The van der Waals surface area contributed by atoms with Gasteiger partial charge < -0.3 is 48.8 Å². The van der Waals surface area contributed by atoms with E-state index in [0.29, 0.717) is 12.2 Å². The molecule has 12 nitrogen and oxygen atoms in total. The van der Waals surface area contributed by atoms with Crippen molar-refractivity contribution in [3.63, 3.8) is 0 Å². The number of ether oxygens (including phenoxy) is 6. The molecule has 0 spiro atoms. The summed E-state index contributed by atoms with van der Waals surface area (Å²) >= 11 is 0. The zero-order valence-corrected chi connectivity index (χ0v) is 29.6. The number of rotatable bonds is 12. The second-order valence-electron chi connectivity index (χ2n) is 14.7. The van der Waals surface area contributed by atoms with E-state index in [1.165, 1.54) is 13.8 Å². The molecule has 1 heterocycles. The number of aliphatic hydroxyl groups is 4. The molecule has 1 saturated carbocycles. The molecule has 0 radical (unpaired) electrons. The van der Waals surface area contributed by atoms with Crippen LogP contribution in [0.2, 0.25) is 0 Å². The second kappa shape index (κ2) is 15.4. The van der Waals surface area contributed by atoms with Gasteiger partial charge in [0, 0.05) is 38.2 Å². The van der Waals surface area contributed by atoms with Crippen LogP contribution in [0.3, 0.4) is 0 Å². The van der Waals surface area contributed by atoms with Crippen LogP contribution in [0.4, 0.5) is 0 Å². The molecule has 0 aromatic heterocycles. The van der Waals surface area contributed by atoms with Crippen molar-refractivity contribution in [1.29, 1.82) is 0 Å². The molecule has 12 heteroatoms. The van der Waals surface area contributed by atoms with E-state index in [1.54, 1.807) is 27.0 Å². The maximum absolute atomic E-state index is 12.3. The number of fused-ring (bicyclic) bond motifs is 2. The van der Waals surface area contributed by atoms with Gasteiger partial charge in [-0.25, -0.2) is 0 Å². The van der Waals surface area contributed by atoms with E-state index in [4.69, 9.17) is 28.4 Å². The zero-order chi connectivity index (χ0) is 35.7. The number of carbonyl (C=O) groups is 2. The third-order valence-corrected chi connectivity index (χ3v) is 10.8. The van der Waals surface area contributed by atoms with Crippen molar-refractivity contribution in [2.45, 2.75) is 122 Å². The molecule has 272 valence electrons. The summed E-state index contributed by atoms with van der Waals surface area (Å²) in [4.78, 5) is 23.8. The Bertz CT molecular complexity index is 1240. The Morgan fingerprint density at radius 1 is 1.10 bits per heavy atom. The monoisotopic (exact) mass is 680 g/mol. The van der Waals surface area contributed by atoms with Gasteiger partial charge in [0.2, 0.25) is 0 Å². The maximum Gasteiger partial charge on any atom is 0.303 e. The maximum atomic E-state index is 12.3. The molecule has 1 aliphatic heterocycles. The van der Waals surface area contributed by atoms with E-state index in [2.05, 4.69) is 12.7 Å². The smallest absolute Gasteiger partial charge is 0.303 e. The molecule has 48 heavy (non-hydrogen) atoms. The number of hydrogen-bond acceptors (Lipinski definition) is 12. The topological polar surface area (TPSA) is 170 Å². The van der Waals surface area contributed by atoms with Crippen LogP contribution < -0.4 is 0 Å².